The number of benzene rings is 1. The number of aromatic nitrogens is 2. The lowest BCUT2D eigenvalue weighted by Crippen LogP contribution is -2.27. The van der Waals surface area contributed by atoms with Crippen LogP contribution in [-0.2, 0) is 6.42 Å². The van der Waals surface area contributed by atoms with Crippen LogP contribution in [0.5, 0.6) is 0 Å². The third kappa shape index (κ3) is 2.01. The number of nitrogens with zero attached hydrogens (tertiary/aromatic N) is 3. The van der Waals surface area contributed by atoms with E-state index in [1.165, 1.54) is 0 Å². The highest BCUT2D eigenvalue weighted by molar-refractivity contribution is 5.98. The molecule has 1 aromatic carbocycles. The predicted octanol–water partition coefficient (Wildman–Crippen LogP) is 2.90. The Morgan fingerprint density at radius 2 is 1.95 bits per heavy atom. The summed E-state index contributed by atoms with van der Waals surface area (Å²) in [6.07, 6.45) is 3.05. The van der Waals surface area contributed by atoms with E-state index in [1.807, 2.05) is 16.8 Å². The van der Waals surface area contributed by atoms with Crippen LogP contribution in [0, 0.1) is 16.7 Å². The van der Waals surface area contributed by atoms with E-state index in [-0.39, 0.29) is 11.2 Å². The van der Waals surface area contributed by atoms with Gasteiger partial charge in [0.1, 0.15) is 0 Å². The fourth-order valence-corrected chi connectivity index (χ4v) is 2.72. The largest absolute Gasteiger partial charge is 0.294 e. The van der Waals surface area contributed by atoms with Crippen molar-refractivity contribution in [1.29, 1.82) is 5.26 Å². The molecule has 4 heteroatoms. The smallest absolute Gasteiger partial charge is 0.166 e. The number of carbonyl (C=O) groups is 1. The fraction of sp³-hybridized carbons (Fsp3) is 0.312. The second-order valence-electron chi connectivity index (χ2n) is 6.02. The van der Waals surface area contributed by atoms with Crippen molar-refractivity contribution in [2.24, 2.45) is 5.41 Å². The molecule has 3 rings (SSSR count). The maximum absolute atomic E-state index is 12.1. The lowest BCUT2D eigenvalue weighted by molar-refractivity contribution is 0.0911. The maximum Gasteiger partial charge on any atom is 0.166 e. The molecule has 0 unspecified atom stereocenters. The van der Waals surface area contributed by atoms with Gasteiger partial charge in [-0.15, -0.1) is 0 Å². The Hall–Kier alpha value is -2.41. The molecule has 0 aliphatic heterocycles. The molecule has 0 atom stereocenters. The molecule has 4 nitrogen and oxygen atoms in total. The van der Waals surface area contributed by atoms with Crippen molar-refractivity contribution >= 4 is 5.78 Å². The van der Waals surface area contributed by atoms with Crippen molar-refractivity contribution in [3.8, 4) is 11.8 Å². The zero-order chi connectivity index (χ0) is 14.3. The minimum absolute atomic E-state index is 0.0333. The standard InChI is InChI=1S/C16H15N3O/c1-16(2)7-14-13(15(20)8-16)10-18-19(14)12-5-3-11(9-17)4-6-12/h3-6,10H,7-8H2,1-2H3. The summed E-state index contributed by atoms with van der Waals surface area (Å²) in [5.74, 6) is 0.163. The normalized spacial score (nSPS) is 16.6. The van der Waals surface area contributed by atoms with Crippen LogP contribution in [0.3, 0.4) is 0 Å². The Morgan fingerprint density at radius 1 is 1.25 bits per heavy atom. The predicted molar refractivity (Wildman–Crippen MR) is 74.7 cm³/mol. The van der Waals surface area contributed by atoms with Gasteiger partial charge in [-0.05, 0) is 36.1 Å². The molecule has 1 aliphatic rings. The van der Waals surface area contributed by atoms with Crippen molar-refractivity contribution < 1.29 is 4.79 Å². The van der Waals surface area contributed by atoms with Gasteiger partial charge in [-0.1, -0.05) is 13.8 Å². The lowest BCUT2D eigenvalue weighted by Gasteiger charge is -2.28. The van der Waals surface area contributed by atoms with Gasteiger partial charge >= 0.3 is 0 Å². The van der Waals surface area contributed by atoms with Gasteiger partial charge in [0, 0.05) is 6.42 Å². The molecular weight excluding hydrogens is 250 g/mol. The molecule has 1 heterocycles. The molecule has 0 saturated heterocycles. The first-order chi connectivity index (χ1) is 9.50. The first kappa shape index (κ1) is 12.6. The first-order valence-corrected chi connectivity index (χ1v) is 6.61. The fourth-order valence-electron chi connectivity index (χ4n) is 2.72. The number of hydrogen-bond acceptors (Lipinski definition) is 3. The molecular formula is C16H15N3O. The van der Waals surface area contributed by atoms with Crippen LogP contribution in [0.4, 0.5) is 0 Å². The number of rotatable bonds is 1. The van der Waals surface area contributed by atoms with Gasteiger partial charge in [0.25, 0.3) is 0 Å². The zero-order valence-corrected chi connectivity index (χ0v) is 11.6. The summed E-state index contributed by atoms with van der Waals surface area (Å²) in [7, 11) is 0. The summed E-state index contributed by atoms with van der Waals surface area (Å²) in [6, 6.07) is 9.34. The van der Waals surface area contributed by atoms with Crippen LogP contribution in [0.25, 0.3) is 5.69 Å². The Bertz CT molecular complexity index is 717. The molecule has 20 heavy (non-hydrogen) atoms. The molecule has 100 valence electrons. The molecule has 0 amide bonds. The number of ketones is 1. The number of hydrogen-bond donors (Lipinski definition) is 0. The number of nitriles is 1. The highest BCUT2D eigenvalue weighted by atomic mass is 16.1. The summed E-state index contributed by atoms with van der Waals surface area (Å²) < 4.78 is 1.81. The first-order valence-electron chi connectivity index (χ1n) is 6.61. The monoisotopic (exact) mass is 265 g/mol. The van der Waals surface area contributed by atoms with Crippen LogP contribution in [0.15, 0.2) is 30.5 Å². The number of carbonyl (C=O) groups excluding carboxylic acids is 1. The minimum Gasteiger partial charge on any atom is -0.294 e. The van der Waals surface area contributed by atoms with E-state index in [4.69, 9.17) is 5.26 Å². The van der Waals surface area contributed by atoms with Gasteiger partial charge in [-0.25, -0.2) is 4.68 Å². The lowest BCUT2D eigenvalue weighted by atomic mass is 9.76. The van der Waals surface area contributed by atoms with Gasteiger partial charge in [0.05, 0.1) is 34.8 Å². The molecule has 0 radical (unpaired) electrons. The van der Waals surface area contributed by atoms with Crippen molar-refractivity contribution in [3.63, 3.8) is 0 Å². The van der Waals surface area contributed by atoms with Crippen molar-refractivity contribution in [1.82, 2.24) is 9.78 Å². The Labute approximate surface area is 117 Å². The summed E-state index contributed by atoms with van der Waals surface area (Å²) >= 11 is 0. The SMILES string of the molecule is CC1(C)CC(=O)c2cnn(-c3ccc(C#N)cc3)c2C1. The van der Waals surface area contributed by atoms with Crippen LogP contribution in [-0.4, -0.2) is 15.6 Å². The van der Waals surface area contributed by atoms with Crippen LogP contribution >= 0.6 is 0 Å². The summed E-state index contributed by atoms with van der Waals surface area (Å²) in [5.41, 5.74) is 3.17. The molecule has 0 bridgehead atoms. The van der Waals surface area contributed by atoms with E-state index in [9.17, 15) is 4.79 Å². The highest BCUT2D eigenvalue weighted by Gasteiger charge is 2.33. The van der Waals surface area contributed by atoms with Crippen molar-refractivity contribution in [2.45, 2.75) is 26.7 Å². The molecule has 0 saturated carbocycles. The van der Waals surface area contributed by atoms with Crippen LogP contribution in [0.2, 0.25) is 0 Å². The Morgan fingerprint density at radius 3 is 2.60 bits per heavy atom. The zero-order valence-electron chi connectivity index (χ0n) is 11.6. The third-order valence-electron chi connectivity index (χ3n) is 3.70. The van der Waals surface area contributed by atoms with Crippen molar-refractivity contribution in [2.75, 3.05) is 0 Å². The van der Waals surface area contributed by atoms with Crippen LogP contribution in [0.1, 0.15) is 41.9 Å². The molecule has 0 fully saturated rings. The molecule has 0 spiro atoms. The van der Waals surface area contributed by atoms with Crippen molar-refractivity contribution in [3.05, 3.63) is 47.3 Å². The second kappa shape index (κ2) is 4.31. The van der Waals surface area contributed by atoms with E-state index < -0.39 is 0 Å². The maximum atomic E-state index is 12.1. The highest BCUT2D eigenvalue weighted by Crippen LogP contribution is 2.35. The van der Waals surface area contributed by atoms with E-state index in [2.05, 4.69) is 25.0 Å². The average Bonchev–Trinajstić information content (AvgIpc) is 2.81. The van der Waals surface area contributed by atoms with E-state index in [0.29, 0.717) is 12.0 Å². The van der Waals surface area contributed by atoms with E-state index >= 15 is 0 Å². The van der Waals surface area contributed by atoms with Gasteiger partial charge in [0.2, 0.25) is 0 Å². The van der Waals surface area contributed by atoms with Gasteiger partial charge < -0.3 is 0 Å². The minimum atomic E-state index is -0.0333. The summed E-state index contributed by atoms with van der Waals surface area (Å²) in [5, 5.41) is 13.2. The molecule has 0 N–H and O–H groups in total. The van der Waals surface area contributed by atoms with E-state index in [0.717, 1.165) is 23.4 Å². The van der Waals surface area contributed by atoms with Gasteiger partial charge in [0.15, 0.2) is 5.78 Å². The van der Waals surface area contributed by atoms with E-state index in [1.54, 1.807) is 18.3 Å². The topological polar surface area (TPSA) is 58.7 Å². The average molecular weight is 265 g/mol. The molecule has 1 aromatic heterocycles. The van der Waals surface area contributed by atoms with Gasteiger partial charge in [-0.3, -0.25) is 4.79 Å². The van der Waals surface area contributed by atoms with Gasteiger partial charge in [-0.2, -0.15) is 10.4 Å². The third-order valence-corrected chi connectivity index (χ3v) is 3.70. The Kier molecular flexibility index (Phi) is 2.72. The number of fused-ring (bicyclic) bond motifs is 1. The summed E-state index contributed by atoms with van der Waals surface area (Å²) in [4.78, 5) is 12.1. The Balaban J connectivity index is 2.08. The molecule has 1 aliphatic carbocycles. The quantitative estimate of drug-likeness (QED) is 0.796. The second-order valence-corrected chi connectivity index (χ2v) is 6.02. The van der Waals surface area contributed by atoms with Crippen LogP contribution < -0.4 is 0 Å². The molecule has 2 aromatic rings. The summed E-state index contributed by atoms with van der Waals surface area (Å²) in [6.45, 7) is 4.20. The number of Topliss-reactive ketones (excluding diaryl/α,β-unsaturated/α-hetero) is 1.